The van der Waals surface area contributed by atoms with Crippen molar-refractivity contribution in [1.29, 1.82) is 0 Å². The van der Waals surface area contributed by atoms with E-state index in [1.165, 1.54) is 22.7 Å². The molecule has 0 spiro atoms. The summed E-state index contributed by atoms with van der Waals surface area (Å²) >= 11 is 1.39. The summed E-state index contributed by atoms with van der Waals surface area (Å²) in [4.78, 5) is 13.6. The summed E-state index contributed by atoms with van der Waals surface area (Å²) in [5.41, 5.74) is 2.58. The van der Waals surface area contributed by atoms with Crippen molar-refractivity contribution < 1.29 is 13.2 Å². The summed E-state index contributed by atoms with van der Waals surface area (Å²) in [5, 5.41) is 3.86. The highest BCUT2D eigenvalue weighted by Crippen LogP contribution is 2.31. The molecule has 0 aliphatic carbocycles. The van der Waals surface area contributed by atoms with Crippen LogP contribution in [0, 0.1) is 6.92 Å². The maximum atomic E-state index is 13.0. The number of carbonyl (C=O) groups excluding carboxylic acids is 1. The molecule has 4 aromatic rings. The lowest BCUT2D eigenvalue weighted by Gasteiger charge is -2.19. The number of aryl methyl sites for hydroxylation is 1. The lowest BCUT2D eigenvalue weighted by atomic mass is 10.1. The van der Waals surface area contributed by atoms with E-state index in [2.05, 4.69) is 5.32 Å². The van der Waals surface area contributed by atoms with Gasteiger partial charge in [0.1, 0.15) is 0 Å². The first-order valence-corrected chi connectivity index (χ1v) is 12.5. The summed E-state index contributed by atoms with van der Waals surface area (Å²) in [7, 11) is -2.14. The Kier molecular flexibility index (Phi) is 6.04. The summed E-state index contributed by atoms with van der Waals surface area (Å²) in [6.07, 6.45) is 0. The molecule has 0 radical (unpaired) electrons. The van der Waals surface area contributed by atoms with E-state index in [0.717, 1.165) is 21.2 Å². The Morgan fingerprint density at radius 3 is 2.34 bits per heavy atom. The maximum Gasteiger partial charge on any atom is 0.264 e. The van der Waals surface area contributed by atoms with E-state index < -0.39 is 10.0 Å². The number of carbonyl (C=O) groups is 1. The number of fused-ring (bicyclic) bond motifs is 1. The first kappa shape index (κ1) is 22.0. The highest BCUT2D eigenvalue weighted by Gasteiger charge is 2.22. The number of sulfonamides is 1. The van der Waals surface area contributed by atoms with E-state index in [9.17, 15) is 13.2 Å². The number of hydrogen-bond donors (Lipinski definition) is 1. The average Bonchev–Trinajstić information content (AvgIpc) is 3.23. The minimum Gasteiger partial charge on any atom is -0.345 e. The zero-order valence-corrected chi connectivity index (χ0v) is 19.7. The van der Waals surface area contributed by atoms with Crippen LogP contribution in [0.5, 0.6) is 0 Å². The molecule has 164 valence electrons. The lowest BCUT2D eigenvalue weighted by Crippen LogP contribution is -2.26. The van der Waals surface area contributed by atoms with Crippen LogP contribution in [-0.2, 0) is 10.0 Å². The summed E-state index contributed by atoms with van der Waals surface area (Å²) in [5.74, 6) is -0.148. The Morgan fingerprint density at radius 2 is 1.66 bits per heavy atom. The molecule has 0 fully saturated rings. The first-order valence-electron chi connectivity index (χ1n) is 10.2. The van der Waals surface area contributed by atoms with Crippen molar-refractivity contribution in [3.05, 3.63) is 94.9 Å². The number of thiophene rings is 1. The van der Waals surface area contributed by atoms with Crippen LogP contribution in [0.15, 0.2) is 83.8 Å². The molecule has 32 heavy (non-hydrogen) atoms. The number of nitrogens with one attached hydrogen (secondary N) is 1. The third-order valence-electron chi connectivity index (χ3n) is 5.41. The van der Waals surface area contributed by atoms with E-state index in [-0.39, 0.29) is 16.8 Å². The summed E-state index contributed by atoms with van der Waals surface area (Å²) < 4.78 is 28.2. The van der Waals surface area contributed by atoms with Crippen LogP contribution in [0.3, 0.4) is 0 Å². The van der Waals surface area contributed by atoms with Crippen molar-refractivity contribution in [2.75, 3.05) is 11.4 Å². The van der Waals surface area contributed by atoms with E-state index in [4.69, 9.17) is 0 Å². The number of rotatable bonds is 6. The second-order valence-electron chi connectivity index (χ2n) is 7.72. The molecule has 0 saturated carbocycles. The van der Waals surface area contributed by atoms with E-state index in [1.807, 2.05) is 56.3 Å². The van der Waals surface area contributed by atoms with Crippen LogP contribution in [0.25, 0.3) is 10.1 Å². The molecule has 1 N–H and O–H groups in total. The van der Waals surface area contributed by atoms with Gasteiger partial charge >= 0.3 is 0 Å². The van der Waals surface area contributed by atoms with Gasteiger partial charge in [-0.1, -0.05) is 48.0 Å². The van der Waals surface area contributed by atoms with E-state index >= 15 is 0 Å². The van der Waals surface area contributed by atoms with E-state index in [1.54, 1.807) is 36.4 Å². The van der Waals surface area contributed by atoms with Crippen molar-refractivity contribution in [3.63, 3.8) is 0 Å². The van der Waals surface area contributed by atoms with Gasteiger partial charge in [-0.3, -0.25) is 9.10 Å². The fraction of sp³-hybridized carbons (Fsp3) is 0.160. The van der Waals surface area contributed by atoms with Gasteiger partial charge in [0.2, 0.25) is 0 Å². The van der Waals surface area contributed by atoms with Gasteiger partial charge in [-0.15, -0.1) is 11.3 Å². The van der Waals surface area contributed by atoms with Gasteiger partial charge in [0.05, 0.1) is 21.5 Å². The predicted octanol–water partition coefficient (Wildman–Crippen LogP) is 5.53. The molecule has 4 rings (SSSR count). The Hall–Kier alpha value is -3.16. The molecule has 1 amide bonds. The van der Waals surface area contributed by atoms with E-state index in [0.29, 0.717) is 10.6 Å². The molecule has 0 aliphatic heterocycles. The number of benzene rings is 3. The van der Waals surface area contributed by atoms with Crippen molar-refractivity contribution in [1.82, 2.24) is 5.32 Å². The molecule has 0 bridgehead atoms. The Balaban J connectivity index is 1.57. The van der Waals surface area contributed by atoms with Crippen LogP contribution in [0.2, 0.25) is 0 Å². The Labute approximate surface area is 192 Å². The van der Waals surface area contributed by atoms with Crippen LogP contribution in [0.4, 0.5) is 5.69 Å². The lowest BCUT2D eigenvalue weighted by molar-refractivity contribution is 0.0944. The van der Waals surface area contributed by atoms with Gasteiger partial charge in [-0.2, -0.15) is 0 Å². The van der Waals surface area contributed by atoms with Crippen LogP contribution < -0.4 is 9.62 Å². The second kappa shape index (κ2) is 8.76. The van der Waals surface area contributed by atoms with Crippen LogP contribution in [-0.4, -0.2) is 21.4 Å². The fourth-order valence-electron chi connectivity index (χ4n) is 3.44. The van der Waals surface area contributed by atoms with Crippen molar-refractivity contribution in [2.24, 2.45) is 0 Å². The molecule has 1 atom stereocenters. The van der Waals surface area contributed by atoms with Gasteiger partial charge in [0.25, 0.3) is 15.9 Å². The molecule has 0 saturated heterocycles. The highest BCUT2D eigenvalue weighted by molar-refractivity contribution is 7.92. The quantitative estimate of drug-likeness (QED) is 0.408. The maximum absolute atomic E-state index is 13.0. The normalized spacial score (nSPS) is 12.5. The van der Waals surface area contributed by atoms with Crippen LogP contribution in [0.1, 0.15) is 33.8 Å². The topological polar surface area (TPSA) is 66.5 Å². The number of hydrogen-bond acceptors (Lipinski definition) is 4. The molecule has 1 aromatic heterocycles. The molecule has 0 aliphatic rings. The van der Waals surface area contributed by atoms with Crippen molar-refractivity contribution in [3.8, 4) is 0 Å². The standard InChI is InChI=1S/C25H24N2O3S2/c1-17-9-12-22(13-10-17)32(29,30)27(3)21-11-14-23-20(15-21)16-24(31-23)25(28)26-18(2)19-7-5-4-6-8-19/h4-16,18H,1-3H3,(H,26,28). The minimum absolute atomic E-state index is 0.116. The first-order chi connectivity index (χ1) is 15.3. The smallest absolute Gasteiger partial charge is 0.264 e. The van der Waals surface area contributed by atoms with Gasteiger partial charge in [-0.05, 0) is 61.2 Å². The number of amides is 1. The van der Waals surface area contributed by atoms with Gasteiger partial charge in [0, 0.05) is 11.7 Å². The number of nitrogens with zero attached hydrogens (tertiary/aromatic N) is 1. The zero-order valence-electron chi connectivity index (χ0n) is 18.1. The fourth-order valence-corrected chi connectivity index (χ4v) is 5.57. The largest absolute Gasteiger partial charge is 0.345 e. The molecular formula is C25H24N2O3S2. The highest BCUT2D eigenvalue weighted by atomic mass is 32.2. The Morgan fingerprint density at radius 1 is 0.969 bits per heavy atom. The summed E-state index contributed by atoms with van der Waals surface area (Å²) in [6, 6.07) is 23.7. The SMILES string of the molecule is Cc1ccc(S(=O)(=O)N(C)c2ccc3sc(C(=O)NC(C)c4ccccc4)cc3c2)cc1. The molecular weight excluding hydrogens is 440 g/mol. The monoisotopic (exact) mass is 464 g/mol. The summed E-state index contributed by atoms with van der Waals surface area (Å²) in [6.45, 7) is 3.86. The van der Waals surface area contributed by atoms with Gasteiger partial charge in [-0.25, -0.2) is 8.42 Å². The second-order valence-corrected chi connectivity index (χ2v) is 10.8. The molecule has 5 nitrogen and oxygen atoms in total. The third-order valence-corrected chi connectivity index (χ3v) is 8.33. The Bertz CT molecular complexity index is 1360. The van der Waals surface area contributed by atoms with Crippen molar-refractivity contribution in [2.45, 2.75) is 24.8 Å². The average molecular weight is 465 g/mol. The van der Waals surface area contributed by atoms with Crippen molar-refractivity contribution >= 4 is 43.0 Å². The molecule has 3 aromatic carbocycles. The molecule has 7 heteroatoms. The predicted molar refractivity (Wildman–Crippen MR) is 131 cm³/mol. The van der Waals surface area contributed by atoms with Gasteiger partial charge in [0.15, 0.2) is 0 Å². The van der Waals surface area contributed by atoms with Gasteiger partial charge < -0.3 is 5.32 Å². The molecule has 1 heterocycles. The third kappa shape index (κ3) is 4.40. The number of anilines is 1. The zero-order chi connectivity index (χ0) is 22.9. The minimum atomic E-state index is -3.68. The van der Waals surface area contributed by atoms with Crippen LogP contribution >= 0.6 is 11.3 Å². The molecule has 1 unspecified atom stereocenters.